The fourth-order valence-electron chi connectivity index (χ4n) is 0.143. The van der Waals surface area contributed by atoms with Crippen LogP contribution in [0.4, 0.5) is 0 Å². The fraction of sp³-hybridized carbons (Fsp3) is 0. The number of aliphatic carboxylic acids is 2. The van der Waals surface area contributed by atoms with E-state index in [1.54, 1.807) is 0 Å². The molecule has 0 bridgehead atoms. The second-order valence-corrected chi connectivity index (χ2v) is 1.01. The molecule has 0 heterocycles. The zero-order valence-corrected chi connectivity index (χ0v) is 4.57. The normalized spacial score (nSPS) is 8.44. The molecular formula is C4H7NO4. The molecule has 5 nitrogen and oxygen atoms in total. The molecule has 0 aliphatic rings. The van der Waals surface area contributed by atoms with Crippen LogP contribution >= 0.6 is 0 Å². The number of carboxylic acids is 2. The van der Waals surface area contributed by atoms with E-state index in [9.17, 15) is 9.59 Å². The Morgan fingerprint density at radius 2 is 1.22 bits per heavy atom. The number of carboxylic acid groups (broad SMARTS) is 2. The summed E-state index contributed by atoms with van der Waals surface area (Å²) in [7, 11) is 0. The van der Waals surface area contributed by atoms with Crippen LogP contribution in [-0.4, -0.2) is 22.2 Å². The quantitative estimate of drug-likeness (QED) is 0.454. The third kappa shape index (κ3) is 10.8. The van der Waals surface area contributed by atoms with Gasteiger partial charge in [-0.2, -0.15) is 0 Å². The molecule has 0 spiro atoms. The van der Waals surface area contributed by atoms with Crippen LogP contribution in [-0.2, 0) is 9.59 Å². The van der Waals surface area contributed by atoms with Crippen LogP contribution in [0.15, 0.2) is 12.2 Å². The molecular weight excluding hydrogens is 126 g/mol. The van der Waals surface area contributed by atoms with Gasteiger partial charge in [0, 0.05) is 12.2 Å². The van der Waals surface area contributed by atoms with E-state index in [0.717, 1.165) is 0 Å². The number of hydrogen-bond donors (Lipinski definition) is 3. The summed E-state index contributed by atoms with van der Waals surface area (Å²) in [4.78, 5) is 19.1. The van der Waals surface area contributed by atoms with Crippen LogP contribution in [0.5, 0.6) is 0 Å². The summed E-state index contributed by atoms with van der Waals surface area (Å²) < 4.78 is 0. The Labute approximate surface area is 51.2 Å². The average molecular weight is 133 g/mol. The van der Waals surface area contributed by atoms with Gasteiger partial charge in [0.05, 0.1) is 0 Å². The van der Waals surface area contributed by atoms with E-state index < -0.39 is 11.9 Å². The molecule has 0 aromatic heterocycles. The van der Waals surface area contributed by atoms with Gasteiger partial charge in [0.1, 0.15) is 0 Å². The zero-order chi connectivity index (χ0) is 6.57. The van der Waals surface area contributed by atoms with Crippen LogP contribution in [0.1, 0.15) is 0 Å². The van der Waals surface area contributed by atoms with E-state index in [1.807, 2.05) is 0 Å². The zero-order valence-electron chi connectivity index (χ0n) is 4.57. The molecule has 0 aromatic carbocycles. The standard InChI is InChI=1S/C4H4O4.H3N/c5-3(6)1-2-4(7)8;/h1-2H,(H,5,6)(H,7,8);1H3. The van der Waals surface area contributed by atoms with Gasteiger partial charge in [-0.1, -0.05) is 0 Å². The van der Waals surface area contributed by atoms with Gasteiger partial charge in [0.15, 0.2) is 0 Å². The molecule has 0 atom stereocenters. The highest BCUT2D eigenvalue weighted by Gasteiger charge is 1.88. The van der Waals surface area contributed by atoms with Gasteiger partial charge in [-0.15, -0.1) is 0 Å². The predicted molar refractivity (Wildman–Crippen MR) is 29.4 cm³/mol. The van der Waals surface area contributed by atoms with Crippen molar-refractivity contribution in [1.29, 1.82) is 0 Å². The Bertz CT molecular complexity index is 124. The molecule has 0 aliphatic carbocycles. The van der Waals surface area contributed by atoms with Crippen molar-refractivity contribution in [2.24, 2.45) is 0 Å². The summed E-state index contributed by atoms with van der Waals surface area (Å²) in [5, 5.41) is 15.6. The molecule has 52 valence electrons. The lowest BCUT2D eigenvalue weighted by atomic mass is 10.5. The highest BCUT2D eigenvalue weighted by molar-refractivity contribution is 5.89. The van der Waals surface area contributed by atoms with Crippen molar-refractivity contribution >= 4 is 11.9 Å². The molecule has 9 heavy (non-hydrogen) atoms. The topological polar surface area (TPSA) is 110 Å². The van der Waals surface area contributed by atoms with E-state index in [1.165, 1.54) is 0 Å². The molecule has 0 saturated carbocycles. The van der Waals surface area contributed by atoms with Gasteiger partial charge in [0.2, 0.25) is 0 Å². The lowest BCUT2D eigenvalue weighted by Gasteiger charge is -1.74. The molecule has 5 heteroatoms. The van der Waals surface area contributed by atoms with Crippen molar-refractivity contribution in [3.63, 3.8) is 0 Å². The van der Waals surface area contributed by atoms with E-state index in [2.05, 4.69) is 0 Å². The van der Waals surface area contributed by atoms with Gasteiger partial charge in [-0.25, -0.2) is 9.59 Å². The molecule has 0 amide bonds. The van der Waals surface area contributed by atoms with Crippen molar-refractivity contribution in [3.05, 3.63) is 12.2 Å². The Balaban J connectivity index is 0. The monoisotopic (exact) mass is 133 g/mol. The second kappa shape index (κ2) is 4.79. The van der Waals surface area contributed by atoms with Gasteiger partial charge in [0.25, 0.3) is 0 Å². The molecule has 0 fully saturated rings. The van der Waals surface area contributed by atoms with Crippen LogP contribution in [0.2, 0.25) is 0 Å². The van der Waals surface area contributed by atoms with Crippen molar-refractivity contribution in [2.45, 2.75) is 0 Å². The average Bonchev–Trinajstić information content (AvgIpc) is 1.61. The van der Waals surface area contributed by atoms with Crippen molar-refractivity contribution < 1.29 is 19.8 Å². The van der Waals surface area contributed by atoms with Crippen LogP contribution in [0.25, 0.3) is 0 Å². The van der Waals surface area contributed by atoms with Gasteiger partial charge in [-0.3, -0.25) is 0 Å². The lowest BCUT2D eigenvalue weighted by Crippen LogP contribution is -1.91. The smallest absolute Gasteiger partial charge is 0.328 e. The molecule has 0 saturated heterocycles. The van der Waals surface area contributed by atoms with Crippen LogP contribution < -0.4 is 6.15 Å². The predicted octanol–water partition coefficient (Wildman–Crippen LogP) is -0.126. The summed E-state index contributed by atoms with van der Waals surface area (Å²) >= 11 is 0. The molecule has 0 aromatic rings. The summed E-state index contributed by atoms with van der Waals surface area (Å²) in [5.74, 6) is -2.51. The summed E-state index contributed by atoms with van der Waals surface area (Å²) in [6.07, 6.45) is 1.12. The summed E-state index contributed by atoms with van der Waals surface area (Å²) in [6.45, 7) is 0. The first-order chi connectivity index (χ1) is 3.63. The summed E-state index contributed by atoms with van der Waals surface area (Å²) in [5.41, 5.74) is 0. The minimum Gasteiger partial charge on any atom is -0.478 e. The van der Waals surface area contributed by atoms with Crippen LogP contribution in [0, 0.1) is 0 Å². The SMILES string of the molecule is N.O=C(O)C=CC(=O)O. The highest BCUT2D eigenvalue weighted by atomic mass is 16.4. The van der Waals surface area contributed by atoms with E-state index >= 15 is 0 Å². The lowest BCUT2D eigenvalue weighted by molar-refractivity contribution is -0.134. The first-order valence-corrected chi connectivity index (χ1v) is 1.77. The van der Waals surface area contributed by atoms with Gasteiger partial charge >= 0.3 is 11.9 Å². The third-order valence-corrected chi connectivity index (χ3v) is 0.368. The van der Waals surface area contributed by atoms with Crippen molar-refractivity contribution in [2.75, 3.05) is 0 Å². The number of rotatable bonds is 2. The second-order valence-electron chi connectivity index (χ2n) is 1.01. The molecule has 5 N–H and O–H groups in total. The Kier molecular flexibility index (Phi) is 5.64. The summed E-state index contributed by atoms with van der Waals surface area (Å²) in [6, 6.07) is 0. The van der Waals surface area contributed by atoms with E-state index in [4.69, 9.17) is 10.2 Å². The van der Waals surface area contributed by atoms with Gasteiger partial charge < -0.3 is 16.4 Å². The Hall–Kier alpha value is -1.36. The number of carbonyl (C=O) groups is 2. The molecule has 0 aliphatic heterocycles. The molecule has 0 unspecified atom stereocenters. The minimum atomic E-state index is -1.26. The highest BCUT2D eigenvalue weighted by Crippen LogP contribution is 1.70. The Morgan fingerprint density at radius 1 is 1.00 bits per heavy atom. The minimum absolute atomic E-state index is 0. The van der Waals surface area contributed by atoms with E-state index in [0.29, 0.717) is 12.2 Å². The first kappa shape index (κ1) is 10.6. The Morgan fingerprint density at radius 3 is 1.33 bits per heavy atom. The largest absolute Gasteiger partial charge is 0.478 e. The third-order valence-electron chi connectivity index (χ3n) is 0.368. The van der Waals surface area contributed by atoms with E-state index in [-0.39, 0.29) is 6.15 Å². The maximum absolute atomic E-state index is 9.55. The fourth-order valence-corrected chi connectivity index (χ4v) is 0.143. The number of hydrogen-bond acceptors (Lipinski definition) is 3. The first-order valence-electron chi connectivity index (χ1n) is 1.77. The van der Waals surface area contributed by atoms with Gasteiger partial charge in [-0.05, 0) is 0 Å². The maximum Gasteiger partial charge on any atom is 0.328 e. The van der Waals surface area contributed by atoms with Crippen molar-refractivity contribution in [3.8, 4) is 0 Å². The maximum atomic E-state index is 9.55. The van der Waals surface area contributed by atoms with Crippen LogP contribution in [0.3, 0.4) is 0 Å². The van der Waals surface area contributed by atoms with Crippen molar-refractivity contribution in [1.82, 2.24) is 6.15 Å². The molecule has 0 radical (unpaired) electrons. The molecule has 0 rings (SSSR count).